The van der Waals surface area contributed by atoms with E-state index in [4.69, 9.17) is 5.73 Å². The van der Waals surface area contributed by atoms with Crippen molar-refractivity contribution in [3.05, 3.63) is 58.9 Å². The molecule has 194 valence electrons. The molecule has 5 rings (SSSR count). The van der Waals surface area contributed by atoms with E-state index in [0.717, 1.165) is 0 Å². The number of benzene rings is 1. The van der Waals surface area contributed by atoms with Gasteiger partial charge in [-0.1, -0.05) is 12.0 Å². The van der Waals surface area contributed by atoms with Crippen molar-refractivity contribution in [2.24, 2.45) is 29.4 Å². The first-order valence-electron chi connectivity index (χ1n) is 12.1. The number of carbonyl (C=O) groups is 5. The summed E-state index contributed by atoms with van der Waals surface area (Å²) in [7, 11) is 3.08. The summed E-state index contributed by atoms with van der Waals surface area (Å²) in [5, 5.41) is 22.2. The predicted octanol–water partition coefficient (Wildman–Crippen LogP) is -0.338. The maximum atomic E-state index is 13.8. The molecule has 38 heavy (non-hydrogen) atoms. The minimum atomic E-state index is -2.75. The van der Waals surface area contributed by atoms with Crippen LogP contribution in [0.3, 0.4) is 0 Å². The number of amides is 1. The molecule has 1 aromatic carbocycles. The Labute approximate surface area is 217 Å². The van der Waals surface area contributed by atoms with Crippen LogP contribution in [-0.2, 0) is 25.6 Å². The zero-order valence-corrected chi connectivity index (χ0v) is 20.7. The number of ketones is 4. The van der Waals surface area contributed by atoms with Crippen LogP contribution < -0.4 is 5.73 Å². The molecule has 2 fully saturated rings. The largest absolute Gasteiger partial charge is 0.507 e. The van der Waals surface area contributed by atoms with E-state index in [1.807, 2.05) is 0 Å². The Morgan fingerprint density at radius 1 is 1.11 bits per heavy atom. The Balaban J connectivity index is 1.62. The number of Topliss-reactive ketones (excluding diaryl/α,β-unsaturated/α-hetero) is 4. The first-order chi connectivity index (χ1) is 18.0. The number of likely N-dealkylation sites (N-methyl/N-ethyl adjacent to an activating group) is 1. The molecular weight excluding hydrogens is 490 g/mol. The smallest absolute Gasteiger partial charge is 0.235 e. The van der Waals surface area contributed by atoms with E-state index in [1.165, 1.54) is 25.1 Å². The molecule has 2 saturated carbocycles. The molecule has 0 bridgehead atoms. The summed E-state index contributed by atoms with van der Waals surface area (Å²) in [6, 6.07) is 6.99. The van der Waals surface area contributed by atoms with Crippen LogP contribution in [0.4, 0.5) is 0 Å². The third kappa shape index (κ3) is 3.58. The van der Waals surface area contributed by atoms with Crippen molar-refractivity contribution in [1.29, 1.82) is 0 Å². The van der Waals surface area contributed by atoms with E-state index in [2.05, 4.69) is 16.8 Å². The summed E-state index contributed by atoms with van der Waals surface area (Å²) in [4.78, 5) is 71.6. The number of nitrogens with two attached hydrogens (primary N) is 1. The van der Waals surface area contributed by atoms with Crippen molar-refractivity contribution in [1.82, 2.24) is 9.88 Å². The molecule has 6 atom stereocenters. The molecule has 3 aliphatic carbocycles. The molecule has 10 nitrogen and oxygen atoms in total. The molecule has 0 radical (unpaired) electrons. The van der Waals surface area contributed by atoms with E-state index in [1.54, 1.807) is 30.5 Å². The number of aromatic hydroxyl groups is 1. The van der Waals surface area contributed by atoms with Crippen LogP contribution in [0.15, 0.2) is 36.5 Å². The lowest BCUT2D eigenvalue weighted by Crippen LogP contribution is -2.74. The molecule has 3 aliphatic rings. The van der Waals surface area contributed by atoms with E-state index in [0.29, 0.717) is 16.8 Å². The highest BCUT2D eigenvalue weighted by atomic mass is 16.3. The van der Waals surface area contributed by atoms with Crippen LogP contribution in [-0.4, -0.2) is 74.9 Å². The van der Waals surface area contributed by atoms with Gasteiger partial charge in [0, 0.05) is 17.7 Å². The van der Waals surface area contributed by atoms with Crippen LogP contribution in [0.5, 0.6) is 5.75 Å². The van der Waals surface area contributed by atoms with Crippen LogP contribution >= 0.6 is 0 Å². The van der Waals surface area contributed by atoms with Crippen LogP contribution in [0.2, 0.25) is 0 Å². The van der Waals surface area contributed by atoms with E-state index in [9.17, 15) is 34.2 Å². The molecule has 0 spiro atoms. The topological polar surface area (TPSA) is 168 Å². The molecule has 10 heteroatoms. The minimum absolute atomic E-state index is 0.0212. The van der Waals surface area contributed by atoms with Crippen molar-refractivity contribution < 1.29 is 34.2 Å². The summed E-state index contributed by atoms with van der Waals surface area (Å²) in [5.74, 6) is -4.88. The van der Waals surface area contributed by atoms with Gasteiger partial charge in [-0.15, -0.1) is 0 Å². The normalized spacial score (nSPS) is 30.2. The lowest BCUT2D eigenvalue weighted by atomic mass is 9.52. The highest BCUT2D eigenvalue weighted by molar-refractivity contribution is 6.32. The first-order valence-corrected chi connectivity index (χ1v) is 12.1. The Bertz CT molecular complexity index is 1470. The molecule has 0 saturated heterocycles. The lowest BCUT2D eigenvalue weighted by Gasteiger charge is -2.52. The lowest BCUT2D eigenvalue weighted by molar-refractivity contribution is -0.181. The predicted molar refractivity (Wildman–Crippen MR) is 132 cm³/mol. The number of hydrogen-bond donors (Lipinski definition) is 3. The zero-order valence-electron chi connectivity index (χ0n) is 20.7. The summed E-state index contributed by atoms with van der Waals surface area (Å²) < 4.78 is 0. The standard InChI is InChI=1S/C28H25N3O7/c1-31(2)22-17-12-14-11-16-13(6-8-15-5-3-4-10-30-15)7-9-18(32)20(16)23(33)19(14)25(35)28(17,38)26(36)21(24(22)34)27(29)37/h3-5,7,9-10,14,17,19,21-22,32,38H,11-12H2,1-2H3,(H2,29,37)/t14-,17-,19?,21?,22-,28-/m0/s1. The number of aliphatic hydroxyl groups is 1. The van der Waals surface area contributed by atoms with Gasteiger partial charge in [-0.2, -0.15) is 0 Å². The highest BCUT2D eigenvalue weighted by Crippen LogP contribution is 2.50. The fraction of sp³-hybridized carbons (Fsp3) is 0.357. The summed E-state index contributed by atoms with van der Waals surface area (Å²) >= 11 is 0. The Morgan fingerprint density at radius 3 is 2.47 bits per heavy atom. The van der Waals surface area contributed by atoms with Crippen molar-refractivity contribution in [2.75, 3.05) is 14.1 Å². The SMILES string of the molecule is CN(C)[C@@H]1C(=O)C(C(N)=O)C(=O)[C@@]2(O)C(=O)C3C(=O)c4c(O)ccc(C#Cc5ccccn5)c4C[C@H]3C[C@@H]12. The van der Waals surface area contributed by atoms with Crippen LogP contribution in [0.1, 0.15) is 33.6 Å². The Hall–Kier alpha value is -4.20. The second-order valence-electron chi connectivity index (χ2n) is 10.2. The van der Waals surface area contributed by atoms with Crippen LogP contribution in [0.25, 0.3) is 0 Å². The maximum Gasteiger partial charge on any atom is 0.235 e. The van der Waals surface area contributed by atoms with Gasteiger partial charge in [-0.3, -0.25) is 28.9 Å². The monoisotopic (exact) mass is 515 g/mol. The molecule has 0 aliphatic heterocycles. The summed E-state index contributed by atoms with van der Waals surface area (Å²) in [6.07, 6.45) is 1.72. The van der Waals surface area contributed by atoms with Gasteiger partial charge >= 0.3 is 0 Å². The summed E-state index contributed by atoms with van der Waals surface area (Å²) in [6.45, 7) is 0. The Morgan fingerprint density at radius 2 is 1.84 bits per heavy atom. The third-order valence-corrected chi connectivity index (χ3v) is 7.93. The van der Waals surface area contributed by atoms with Crippen molar-refractivity contribution >= 4 is 29.0 Å². The molecule has 1 amide bonds. The van der Waals surface area contributed by atoms with Gasteiger partial charge in [0.1, 0.15) is 11.4 Å². The van der Waals surface area contributed by atoms with Gasteiger partial charge in [-0.25, -0.2) is 4.98 Å². The number of fused-ring (bicyclic) bond motifs is 3. The number of nitrogens with zero attached hydrogens (tertiary/aromatic N) is 2. The van der Waals surface area contributed by atoms with Gasteiger partial charge in [0.25, 0.3) is 0 Å². The fourth-order valence-electron chi connectivity index (χ4n) is 6.29. The number of primary amides is 1. The van der Waals surface area contributed by atoms with Gasteiger partial charge in [-0.05, 0) is 68.6 Å². The highest BCUT2D eigenvalue weighted by Gasteiger charge is 2.69. The second-order valence-corrected chi connectivity index (χ2v) is 10.2. The molecule has 1 aromatic heterocycles. The van der Waals surface area contributed by atoms with Gasteiger partial charge in [0.2, 0.25) is 5.91 Å². The molecule has 4 N–H and O–H groups in total. The van der Waals surface area contributed by atoms with Crippen molar-refractivity contribution in [3.63, 3.8) is 0 Å². The number of carbonyl (C=O) groups excluding carboxylic acids is 5. The molecular formula is C28H25N3O7. The average molecular weight is 516 g/mol. The minimum Gasteiger partial charge on any atom is -0.507 e. The quantitative estimate of drug-likeness (QED) is 0.358. The van der Waals surface area contributed by atoms with E-state index < -0.39 is 64.4 Å². The second kappa shape index (κ2) is 8.97. The zero-order chi connectivity index (χ0) is 27.5. The Kier molecular flexibility index (Phi) is 6.01. The number of pyridine rings is 1. The number of hydrogen-bond acceptors (Lipinski definition) is 9. The number of phenolic OH excluding ortho intramolecular Hbond substituents is 1. The number of aromatic nitrogens is 1. The first kappa shape index (κ1) is 25.4. The van der Waals surface area contributed by atoms with Gasteiger partial charge < -0.3 is 15.9 Å². The maximum absolute atomic E-state index is 13.8. The third-order valence-electron chi connectivity index (χ3n) is 7.93. The van der Waals surface area contributed by atoms with Gasteiger partial charge in [0.15, 0.2) is 34.7 Å². The van der Waals surface area contributed by atoms with Crippen molar-refractivity contribution in [3.8, 4) is 17.6 Å². The molecule has 1 heterocycles. The number of phenols is 1. The summed E-state index contributed by atoms with van der Waals surface area (Å²) in [5.41, 5.74) is 3.91. The van der Waals surface area contributed by atoms with E-state index >= 15 is 0 Å². The fourth-order valence-corrected chi connectivity index (χ4v) is 6.29. The average Bonchev–Trinajstić information content (AvgIpc) is 2.86. The van der Waals surface area contributed by atoms with Crippen molar-refractivity contribution in [2.45, 2.75) is 24.5 Å². The molecule has 2 aromatic rings. The van der Waals surface area contributed by atoms with Crippen LogP contribution in [0, 0.1) is 35.5 Å². The van der Waals surface area contributed by atoms with Gasteiger partial charge in [0.05, 0.1) is 17.5 Å². The molecule has 2 unspecified atom stereocenters. The van der Waals surface area contributed by atoms with E-state index in [-0.39, 0.29) is 24.2 Å². The number of rotatable bonds is 2.